The first-order valence-corrected chi connectivity index (χ1v) is 8.16. The van der Waals surface area contributed by atoms with Gasteiger partial charge in [-0.1, -0.05) is 0 Å². The molecule has 0 unspecified atom stereocenters. The number of halogens is 1. The van der Waals surface area contributed by atoms with E-state index in [4.69, 9.17) is 0 Å². The molecule has 0 aliphatic carbocycles. The SMILES string of the molecule is CC(C)(CNC(=O)c1ccc(Br)cn1)NS(C)(=O)=O. The Kier molecular flexibility index (Phi) is 5.05. The zero-order valence-corrected chi connectivity index (χ0v) is 13.3. The molecule has 0 aliphatic rings. The van der Waals surface area contributed by atoms with Crippen LogP contribution in [0.1, 0.15) is 24.3 Å². The van der Waals surface area contributed by atoms with Gasteiger partial charge in [-0.3, -0.25) is 4.79 Å². The minimum atomic E-state index is -3.32. The minimum Gasteiger partial charge on any atom is -0.349 e. The molecular formula is C11H16BrN3O3S. The van der Waals surface area contributed by atoms with Crippen LogP contribution in [0.5, 0.6) is 0 Å². The number of nitrogens with zero attached hydrogens (tertiary/aromatic N) is 1. The fraction of sp³-hybridized carbons (Fsp3) is 0.455. The van der Waals surface area contributed by atoms with Crippen LogP contribution in [-0.2, 0) is 10.0 Å². The molecule has 0 bridgehead atoms. The van der Waals surface area contributed by atoms with Gasteiger partial charge in [0.05, 0.1) is 6.26 Å². The topological polar surface area (TPSA) is 88.2 Å². The summed E-state index contributed by atoms with van der Waals surface area (Å²) < 4.78 is 25.5. The second-order valence-corrected chi connectivity index (χ2v) is 7.47. The molecule has 8 heteroatoms. The van der Waals surface area contributed by atoms with E-state index in [1.165, 1.54) is 6.20 Å². The first-order chi connectivity index (χ1) is 8.59. The Morgan fingerprint density at radius 3 is 2.53 bits per heavy atom. The fourth-order valence-corrected chi connectivity index (χ4v) is 2.75. The molecule has 0 atom stereocenters. The van der Waals surface area contributed by atoms with Gasteiger partial charge in [-0.15, -0.1) is 0 Å². The van der Waals surface area contributed by atoms with Gasteiger partial charge < -0.3 is 5.32 Å². The average Bonchev–Trinajstić information content (AvgIpc) is 2.24. The first kappa shape index (κ1) is 16.1. The normalized spacial score (nSPS) is 12.2. The molecule has 1 heterocycles. The van der Waals surface area contributed by atoms with E-state index >= 15 is 0 Å². The van der Waals surface area contributed by atoms with Crippen LogP contribution in [0.25, 0.3) is 0 Å². The number of aromatic nitrogens is 1. The van der Waals surface area contributed by atoms with Crippen molar-refractivity contribution >= 4 is 31.9 Å². The molecule has 19 heavy (non-hydrogen) atoms. The van der Waals surface area contributed by atoms with Crippen molar-refractivity contribution in [3.63, 3.8) is 0 Å². The van der Waals surface area contributed by atoms with Crippen molar-refractivity contribution in [1.82, 2.24) is 15.0 Å². The fourth-order valence-electron chi connectivity index (χ4n) is 1.44. The molecule has 0 saturated carbocycles. The summed E-state index contributed by atoms with van der Waals surface area (Å²) in [4.78, 5) is 15.8. The van der Waals surface area contributed by atoms with Crippen molar-refractivity contribution in [1.29, 1.82) is 0 Å². The third-order valence-corrected chi connectivity index (χ3v) is 3.51. The maximum absolute atomic E-state index is 11.8. The maximum Gasteiger partial charge on any atom is 0.269 e. The van der Waals surface area contributed by atoms with Gasteiger partial charge >= 0.3 is 0 Å². The van der Waals surface area contributed by atoms with Crippen LogP contribution in [0.2, 0.25) is 0 Å². The van der Waals surface area contributed by atoms with Gasteiger partial charge in [-0.2, -0.15) is 0 Å². The molecule has 0 aliphatic heterocycles. The third kappa shape index (κ3) is 6.13. The summed E-state index contributed by atoms with van der Waals surface area (Å²) in [6.45, 7) is 3.53. The second kappa shape index (κ2) is 5.98. The molecule has 0 radical (unpaired) electrons. The Morgan fingerprint density at radius 1 is 1.42 bits per heavy atom. The minimum absolute atomic E-state index is 0.163. The molecule has 1 aromatic heterocycles. The number of sulfonamides is 1. The van der Waals surface area contributed by atoms with E-state index in [1.807, 2.05) is 0 Å². The molecular weight excluding hydrogens is 334 g/mol. The lowest BCUT2D eigenvalue weighted by Gasteiger charge is -2.25. The van der Waals surface area contributed by atoms with E-state index < -0.39 is 15.6 Å². The van der Waals surface area contributed by atoms with Crippen molar-refractivity contribution in [2.24, 2.45) is 0 Å². The Hall–Kier alpha value is -0.990. The van der Waals surface area contributed by atoms with E-state index in [0.717, 1.165) is 10.7 Å². The molecule has 0 saturated heterocycles. The summed E-state index contributed by atoms with van der Waals surface area (Å²) in [5.41, 5.74) is -0.489. The predicted molar refractivity (Wildman–Crippen MR) is 76.3 cm³/mol. The number of amides is 1. The lowest BCUT2D eigenvalue weighted by atomic mass is 10.1. The zero-order chi connectivity index (χ0) is 14.7. The largest absolute Gasteiger partial charge is 0.349 e. The highest BCUT2D eigenvalue weighted by atomic mass is 79.9. The van der Waals surface area contributed by atoms with Gasteiger partial charge in [0.25, 0.3) is 5.91 Å². The molecule has 6 nitrogen and oxygen atoms in total. The molecule has 0 aromatic carbocycles. The summed E-state index contributed by atoms with van der Waals surface area (Å²) in [7, 11) is -3.32. The third-order valence-electron chi connectivity index (χ3n) is 2.11. The van der Waals surface area contributed by atoms with Gasteiger partial charge in [0.1, 0.15) is 5.69 Å². The molecule has 1 amide bonds. The van der Waals surface area contributed by atoms with Crippen LogP contribution in [0.15, 0.2) is 22.8 Å². The van der Waals surface area contributed by atoms with Gasteiger partial charge in [-0.25, -0.2) is 18.1 Å². The van der Waals surface area contributed by atoms with Crippen molar-refractivity contribution in [2.75, 3.05) is 12.8 Å². The number of hydrogen-bond donors (Lipinski definition) is 2. The summed E-state index contributed by atoms with van der Waals surface area (Å²) in [6, 6.07) is 3.29. The van der Waals surface area contributed by atoms with Gasteiger partial charge in [0.2, 0.25) is 10.0 Å². The lowest BCUT2D eigenvalue weighted by Crippen LogP contribution is -2.51. The Labute approximate surface area is 121 Å². The molecule has 0 spiro atoms. The van der Waals surface area contributed by atoms with E-state index in [2.05, 4.69) is 31.0 Å². The maximum atomic E-state index is 11.8. The van der Waals surface area contributed by atoms with Crippen LogP contribution in [0, 0.1) is 0 Å². The van der Waals surface area contributed by atoms with Crippen molar-refractivity contribution in [3.8, 4) is 0 Å². The molecule has 2 N–H and O–H groups in total. The van der Waals surface area contributed by atoms with E-state index in [0.29, 0.717) is 0 Å². The second-order valence-electron chi connectivity index (χ2n) is 4.80. The quantitative estimate of drug-likeness (QED) is 0.826. The van der Waals surface area contributed by atoms with E-state index in [1.54, 1.807) is 26.0 Å². The van der Waals surface area contributed by atoms with Crippen LogP contribution >= 0.6 is 15.9 Å². The van der Waals surface area contributed by atoms with Gasteiger partial charge in [0, 0.05) is 22.8 Å². The van der Waals surface area contributed by atoms with Crippen LogP contribution < -0.4 is 10.0 Å². The number of carbonyl (C=O) groups is 1. The van der Waals surface area contributed by atoms with Gasteiger partial charge in [-0.05, 0) is 41.9 Å². The number of hydrogen-bond acceptors (Lipinski definition) is 4. The number of pyridine rings is 1. The van der Waals surface area contributed by atoms with E-state index in [9.17, 15) is 13.2 Å². The Balaban J connectivity index is 2.61. The average molecular weight is 350 g/mol. The number of rotatable bonds is 5. The Bertz CT molecular complexity index is 555. The summed E-state index contributed by atoms with van der Waals surface area (Å²) in [6.07, 6.45) is 2.60. The Morgan fingerprint density at radius 2 is 2.05 bits per heavy atom. The smallest absolute Gasteiger partial charge is 0.269 e. The van der Waals surface area contributed by atoms with Crippen LogP contribution in [0.3, 0.4) is 0 Å². The van der Waals surface area contributed by atoms with Crippen molar-refractivity contribution in [3.05, 3.63) is 28.5 Å². The lowest BCUT2D eigenvalue weighted by molar-refractivity contribution is 0.0939. The highest BCUT2D eigenvalue weighted by Crippen LogP contribution is 2.08. The summed E-state index contributed by atoms with van der Waals surface area (Å²) >= 11 is 3.23. The predicted octanol–water partition coefficient (Wildman–Crippen LogP) is 0.902. The zero-order valence-electron chi connectivity index (χ0n) is 10.9. The van der Waals surface area contributed by atoms with Gasteiger partial charge in [0.15, 0.2) is 0 Å². The number of nitrogens with one attached hydrogen (secondary N) is 2. The highest BCUT2D eigenvalue weighted by Gasteiger charge is 2.23. The van der Waals surface area contributed by atoms with E-state index in [-0.39, 0.29) is 18.1 Å². The first-order valence-electron chi connectivity index (χ1n) is 5.48. The molecule has 1 aromatic rings. The van der Waals surface area contributed by atoms with Crippen LogP contribution in [0.4, 0.5) is 0 Å². The number of carbonyl (C=O) groups excluding carboxylic acids is 1. The van der Waals surface area contributed by atoms with Crippen molar-refractivity contribution in [2.45, 2.75) is 19.4 Å². The van der Waals surface area contributed by atoms with Crippen molar-refractivity contribution < 1.29 is 13.2 Å². The standard InChI is InChI=1S/C11H16BrN3O3S/c1-11(2,15-19(3,17)18)7-14-10(16)9-5-4-8(12)6-13-9/h4-6,15H,7H2,1-3H3,(H,14,16). The summed E-state index contributed by atoms with van der Waals surface area (Å²) in [5, 5.41) is 2.64. The monoisotopic (exact) mass is 349 g/mol. The molecule has 0 fully saturated rings. The molecule has 1 rings (SSSR count). The molecule has 106 valence electrons. The highest BCUT2D eigenvalue weighted by molar-refractivity contribution is 9.10. The summed E-state index contributed by atoms with van der Waals surface area (Å²) in [5.74, 6) is -0.351. The van der Waals surface area contributed by atoms with Crippen LogP contribution in [-0.4, -0.2) is 37.6 Å².